The molecule has 1 heterocycles. The average Bonchev–Trinajstić information content (AvgIpc) is 3.27. The van der Waals surface area contributed by atoms with Crippen LogP contribution in [0.3, 0.4) is 0 Å². The molecular weight excluding hydrogens is 648 g/mol. The van der Waals surface area contributed by atoms with Crippen molar-refractivity contribution in [2.75, 3.05) is 6.61 Å². The second-order valence-corrected chi connectivity index (χ2v) is 14.3. The van der Waals surface area contributed by atoms with E-state index in [0.717, 1.165) is 0 Å². The van der Waals surface area contributed by atoms with Gasteiger partial charge in [0.05, 0.1) is 34.2 Å². The molecule has 0 amide bonds. The number of carbonyl (C=O) groups excluding carboxylic acids is 5. The molecule has 1 saturated heterocycles. The number of fused-ring (bicyclic) bond motifs is 1. The Kier molecular flexibility index (Phi) is 10.2. The van der Waals surface area contributed by atoms with Gasteiger partial charge in [0.2, 0.25) is 0 Å². The van der Waals surface area contributed by atoms with Gasteiger partial charge in [-0.3, -0.25) is 14.4 Å². The zero-order chi connectivity index (χ0) is 36.6. The van der Waals surface area contributed by atoms with Gasteiger partial charge in [0.25, 0.3) is 0 Å². The average molecular weight is 695 g/mol. The van der Waals surface area contributed by atoms with E-state index in [1.807, 2.05) is 6.92 Å². The van der Waals surface area contributed by atoms with Crippen molar-refractivity contribution in [1.82, 2.24) is 0 Å². The van der Waals surface area contributed by atoms with Crippen LogP contribution in [0.4, 0.5) is 0 Å². The van der Waals surface area contributed by atoms with E-state index in [4.69, 9.17) is 28.4 Å². The van der Waals surface area contributed by atoms with Crippen LogP contribution in [0.15, 0.2) is 60.7 Å². The zero-order valence-corrected chi connectivity index (χ0v) is 29.5. The lowest BCUT2D eigenvalue weighted by Crippen LogP contribution is -2.83. The molecule has 2 aliphatic carbocycles. The summed E-state index contributed by atoms with van der Waals surface area (Å²) in [6, 6.07) is 16.3. The van der Waals surface area contributed by atoms with Crippen molar-refractivity contribution in [3.8, 4) is 0 Å². The van der Waals surface area contributed by atoms with Crippen LogP contribution in [-0.2, 0) is 42.8 Å². The molecule has 270 valence electrons. The fraction of sp³-hybridized carbons (Fsp3) is 0.553. The predicted octanol–water partition coefficient (Wildman–Crippen LogP) is 4.60. The van der Waals surface area contributed by atoms with Gasteiger partial charge in [-0.1, -0.05) is 50.2 Å². The van der Waals surface area contributed by atoms with Crippen LogP contribution in [-0.4, -0.2) is 82.8 Å². The smallest absolute Gasteiger partial charge is 0.338 e. The van der Waals surface area contributed by atoms with Gasteiger partial charge in [-0.2, -0.15) is 0 Å². The van der Waals surface area contributed by atoms with E-state index in [2.05, 4.69) is 0 Å². The van der Waals surface area contributed by atoms with E-state index in [1.165, 1.54) is 20.8 Å². The Morgan fingerprint density at radius 1 is 0.820 bits per heavy atom. The molecule has 3 aliphatic rings. The number of rotatable bonds is 10. The molecule has 3 fully saturated rings. The minimum absolute atomic E-state index is 0.0265. The molecule has 9 atom stereocenters. The van der Waals surface area contributed by atoms with Crippen molar-refractivity contribution in [2.45, 2.75) is 109 Å². The van der Waals surface area contributed by atoms with Crippen LogP contribution in [0.25, 0.3) is 0 Å². The largest absolute Gasteiger partial charge is 0.465 e. The Morgan fingerprint density at radius 3 is 1.90 bits per heavy atom. The molecular formula is C38H46O12. The lowest BCUT2D eigenvalue weighted by atomic mass is 9.46. The summed E-state index contributed by atoms with van der Waals surface area (Å²) < 4.78 is 37.8. The Balaban J connectivity index is 1.84. The Bertz CT molecular complexity index is 1600. The first-order valence-corrected chi connectivity index (χ1v) is 17.0. The van der Waals surface area contributed by atoms with E-state index >= 15 is 0 Å². The van der Waals surface area contributed by atoms with Crippen LogP contribution in [0, 0.1) is 17.3 Å². The van der Waals surface area contributed by atoms with Gasteiger partial charge >= 0.3 is 29.8 Å². The summed E-state index contributed by atoms with van der Waals surface area (Å²) in [6.07, 6.45) is -5.27. The number of hydrogen-bond acceptors (Lipinski definition) is 12. The molecule has 2 aromatic carbocycles. The standard InChI is InChI=1S/C38H46O12/c1-8-22(2)32(41)48-29-28-30(46-24(4)40)38(50-35(28,5)6)36(7,44)20-19-27(47-33(42)25-15-11-9-12-16-25)37(38,21-45-23(3)39)31(29)49-34(43)26-17-13-10-14-18-26/h9-18,22,27-31,44H,8,19-21H2,1-7H3/t22?,27?,28-,29?,30?,31?,36-,37+,38+/m1/s1. The minimum atomic E-state index is -2.05. The van der Waals surface area contributed by atoms with Crippen molar-refractivity contribution < 1.29 is 57.5 Å². The molecule has 1 N–H and O–H groups in total. The second kappa shape index (κ2) is 13.8. The number of benzene rings is 2. The van der Waals surface area contributed by atoms with Gasteiger partial charge in [-0.25, -0.2) is 9.59 Å². The third-order valence-electron chi connectivity index (χ3n) is 10.6. The number of hydrogen-bond donors (Lipinski definition) is 1. The maximum Gasteiger partial charge on any atom is 0.338 e. The molecule has 1 spiro atoms. The first kappa shape index (κ1) is 37.0. The molecule has 2 aromatic rings. The first-order chi connectivity index (χ1) is 23.5. The summed E-state index contributed by atoms with van der Waals surface area (Å²) in [5.41, 5.74) is -6.90. The number of carbonyl (C=O) groups is 5. The highest BCUT2D eigenvalue weighted by molar-refractivity contribution is 5.90. The van der Waals surface area contributed by atoms with Crippen LogP contribution in [0.5, 0.6) is 0 Å². The highest BCUT2D eigenvalue weighted by Gasteiger charge is 2.87. The summed E-state index contributed by atoms with van der Waals surface area (Å²) in [5, 5.41) is 12.6. The summed E-state index contributed by atoms with van der Waals surface area (Å²) in [7, 11) is 0. The zero-order valence-electron chi connectivity index (χ0n) is 29.5. The molecule has 12 nitrogen and oxygen atoms in total. The fourth-order valence-electron chi connectivity index (χ4n) is 8.23. The molecule has 12 heteroatoms. The predicted molar refractivity (Wildman–Crippen MR) is 176 cm³/mol. The van der Waals surface area contributed by atoms with E-state index in [9.17, 15) is 29.1 Å². The third kappa shape index (κ3) is 6.17. The van der Waals surface area contributed by atoms with Crippen molar-refractivity contribution in [3.63, 3.8) is 0 Å². The van der Waals surface area contributed by atoms with Crippen molar-refractivity contribution in [3.05, 3.63) is 71.8 Å². The Labute approximate surface area is 291 Å². The fourth-order valence-corrected chi connectivity index (χ4v) is 8.23. The molecule has 2 saturated carbocycles. The van der Waals surface area contributed by atoms with Gasteiger partial charge in [0.15, 0.2) is 11.7 Å². The SMILES string of the molecule is CCC(C)C(=O)OC1C(OC(=O)c2ccccc2)[C@]2(COC(C)=O)C(OC(=O)c3ccccc3)CC[C@@](C)(O)[C@]23OC(C)(C)[C@H]1C3OC(C)=O. The van der Waals surface area contributed by atoms with Crippen LogP contribution >= 0.6 is 0 Å². The quantitative estimate of drug-likeness (QED) is 0.272. The lowest BCUT2D eigenvalue weighted by Gasteiger charge is -2.65. The molecule has 5 rings (SSSR count). The van der Waals surface area contributed by atoms with Gasteiger partial charge in [0, 0.05) is 13.8 Å². The summed E-state index contributed by atoms with van der Waals surface area (Å²) in [5.74, 6) is -5.27. The van der Waals surface area contributed by atoms with Gasteiger partial charge in [0.1, 0.15) is 30.3 Å². The minimum Gasteiger partial charge on any atom is -0.465 e. The summed E-state index contributed by atoms with van der Waals surface area (Å²) in [6.45, 7) is 10.1. The molecule has 1 aliphatic heterocycles. The maximum absolute atomic E-state index is 14.1. The van der Waals surface area contributed by atoms with E-state index in [1.54, 1.807) is 81.4 Å². The van der Waals surface area contributed by atoms with Crippen LogP contribution in [0.1, 0.15) is 88.4 Å². The summed E-state index contributed by atoms with van der Waals surface area (Å²) in [4.78, 5) is 67.3. The molecule has 50 heavy (non-hydrogen) atoms. The highest BCUT2D eigenvalue weighted by atomic mass is 16.6. The number of aliphatic hydroxyl groups is 1. The van der Waals surface area contributed by atoms with Crippen LogP contribution in [0.2, 0.25) is 0 Å². The molecule has 0 radical (unpaired) electrons. The highest BCUT2D eigenvalue weighted by Crippen LogP contribution is 2.69. The van der Waals surface area contributed by atoms with E-state index < -0.39 is 94.9 Å². The van der Waals surface area contributed by atoms with Crippen LogP contribution < -0.4 is 0 Å². The monoisotopic (exact) mass is 694 g/mol. The number of esters is 5. The Morgan fingerprint density at radius 2 is 1.38 bits per heavy atom. The maximum atomic E-state index is 14.1. The summed E-state index contributed by atoms with van der Waals surface area (Å²) >= 11 is 0. The Hall–Kier alpha value is -4.29. The molecule has 0 aromatic heterocycles. The third-order valence-corrected chi connectivity index (χ3v) is 10.6. The molecule has 5 unspecified atom stereocenters. The van der Waals surface area contributed by atoms with Gasteiger partial charge in [-0.15, -0.1) is 0 Å². The van der Waals surface area contributed by atoms with Crippen molar-refractivity contribution >= 4 is 29.8 Å². The lowest BCUT2D eigenvalue weighted by molar-refractivity contribution is -0.347. The van der Waals surface area contributed by atoms with Gasteiger partial charge < -0.3 is 33.5 Å². The van der Waals surface area contributed by atoms with Crippen molar-refractivity contribution in [2.24, 2.45) is 17.3 Å². The topological polar surface area (TPSA) is 161 Å². The van der Waals surface area contributed by atoms with Gasteiger partial charge in [-0.05, 0) is 64.3 Å². The second-order valence-electron chi connectivity index (χ2n) is 14.3. The molecule has 2 bridgehead atoms. The van der Waals surface area contributed by atoms with E-state index in [-0.39, 0.29) is 24.0 Å². The van der Waals surface area contributed by atoms with E-state index in [0.29, 0.717) is 6.42 Å². The number of ether oxygens (including phenoxy) is 6. The van der Waals surface area contributed by atoms with Crippen molar-refractivity contribution in [1.29, 1.82) is 0 Å². The normalized spacial score (nSPS) is 32.8. The first-order valence-electron chi connectivity index (χ1n) is 17.0.